The summed E-state index contributed by atoms with van der Waals surface area (Å²) in [5.41, 5.74) is 4.32. The highest BCUT2D eigenvalue weighted by Crippen LogP contribution is 2.49. The number of aromatic nitrogens is 2. The summed E-state index contributed by atoms with van der Waals surface area (Å²) in [5.74, 6) is 0.430. The quantitative estimate of drug-likeness (QED) is 0.359. The maximum atomic E-state index is 6.49. The molecule has 0 fully saturated rings. The van der Waals surface area contributed by atoms with Crippen LogP contribution in [0, 0.1) is 5.92 Å². The van der Waals surface area contributed by atoms with Gasteiger partial charge in [-0.3, -0.25) is 0 Å². The molecule has 0 amide bonds. The zero-order valence-corrected chi connectivity index (χ0v) is 16.8. The Morgan fingerprint density at radius 2 is 2.21 bits per heavy atom. The Labute approximate surface area is 159 Å². The molecule has 1 aromatic heterocycles. The summed E-state index contributed by atoms with van der Waals surface area (Å²) in [5, 5.41) is 1.26. The molecular formula is C18H18BrClN2OS. The van der Waals surface area contributed by atoms with E-state index in [1.807, 2.05) is 6.26 Å². The minimum atomic E-state index is -0.322. The molecular weight excluding hydrogens is 408 g/mol. The lowest BCUT2D eigenvalue weighted by Gasteiger charge is -2.46. The second-order valence-corrected chi connectivity index (χ2v) is 8.57. The molecule has 2 unspecified atom stereocenters. The standard InChI is InChI=1S/C18H18BrClN2OS/c1-10-3-4-11-5-6-12(19)7-14(11)18(10)8-15-13(9-23-18)16(20)22-17(21-15)24-2/h5-7,10H,3-4,8-9H2,1-2H3. The van der Waals surface area contributed by atoms with Crippen molar-refractivity contribution in [2.24, 2.45) is 5.92 Å². The van der Waals surface area contributed by atoms with Gasteiger partial charge in [-0.25, -0.2) is 9.97 Å². The molecule has 1 aliphatic heterocycles. The SMILES string of the molecule is CSc1nc(Cl)c2c(n1)CC1(OC2)c2cc(Br)ccc2CCC1C. The van der Waals surface area contributed by atoms with E-state index in [0.29, 0.717) is 17.7 Å². The van der Waals surface area contributed by atoms with E-state index in [1.54, 1.807) is 0 Å². The van der Waals surface area contributed by atoms with Crippen LogP contribution in [0.1, 0.15) is 35.7 Å². The molecule has 4 rings (SSSR count). The van der Waals surface area contributed by atoms with E-state index in [0.717, 1.165) is 40.1 Å². The van der Waals surface area contributed by atoms with E-state index in [1.165, 1.54) is 22.9 Å². The third kappa shape index (κ3) is 2.61. The molecule has 3 nitrogen and oxygen atoms in total. The number of thioether (sulfide) groups is 1. The molecule has 1 aliphatic carbocycles. The predicted octanol–water partition coefficient (Wildman–Crippen LogP) is 5.16. The van der Waals surface area contributed by atoms with Crippen molar-refractivity contribution in [1.82, 2.24) is 9.97 Å². The van der Waals surface area contributed by atoms with Crippen LogP contribution < -0.4 is 0 Å². The molecule has 0 bridgehead atoms. The molecule has 0 N–H and O–H groups in total. The molecule has 0 saturated carbocycles. The number of fused-ring (bicyclic) bond motifs is 3. The van der Waals surface area contributed by atoms with Crippen LogP contribution in [0.5, 0.6) is 0 Å². The van der Waals surface area contributed by atoms with Crippen LogP contribution in [0.25, 0.3) is 0 Å². The predicted molar refractivity (Wildman–Crippen MR) is 101 cm³/mol. The Kier molecular flexibility index (Phi) is 4.40. The van der Waals surface area contributed by atoms with Crippen molar-refractivity contribution in [3.05, 3.63) is 50.2 Å². The minimum absolute atomic E-state index is 0.322. The molecule has 1 aromatic carbocycles. The van der Waals surface area contributed by atoms with Crippen LogP contribution in [0.4, 0.5) is 0 Å². The van der Waals surface area contributed by atoms with Gasteiger partial charge in [-0.1, -0.05) is 52.3 Å². The van der Waals surface area contributed by atoms with E-state index in [-0.39, 0.29) is 5.60 Å². The van der Waals surface area contributed by atoms with Crippen LogP contribution in [0.3, 0.4) is 0 Å². The summed E-state index contributed by atoms with van der Waals surface area (Å²) in [4.78, 5) is 9.09. The Morgan fingerprint density at radius 1 is 1.38 bits per heavy atom. The van der Waals surface area contributed by atoms with Crippen LogP contribution in [-0.2, 0) is 29.8 Å². The van der Waals surface area contributed by atoms with E-state index in [9.17, 15) is 0 Å². The Morgan fingerprint density at radius 3 is 3.00 bits per heavy atom. The highest BCUT2D eigenvalue weighted by molar-refractivity contribution is 9.10. The number of benzene rings is 1. The van der Waals surface area contributed by atoms with Crippen molar-refractivity contribution in [3.8, 4) is 0 Å². The summed E-state index contributed by atoms with van der Waals surface area (Å²) < 4.78 is 7.58. The van der Waals surface area contributed by atoms with E-state index in [2.05, 4.69) is 46.0 Å². The fourth-order valence-electron chi connectivity index (χ4n) is 3.88. The number of halogens is 2. The first-order valence-corrected chi connectivity index (χ1v) is 10.4. The highest BCUT2D eigenvalue weighted by atomic mass is 79.9. The fraction of sp³-hybridized carbons (Fsp3) is 0.444. The summed E-state index contributed by atoms with van der Waals surface area (Å²) >= 11 is 11.5. The van der Waals surface area contributed by atoms with Crippen molar-refractivity contribution in [1.29, 1.82) is 0 Å². The Balaban J connectivity index is 1.86. The number of rotatable bonds is 1. The van der Waals surface area contributed by atoms with Gasteiger partial charge in [0.2, 0.25) is 0 Å². The minimum Gasteiger partial charge on any atom is -0.365 e. The van der Waals surface area contributed by atoms with Gasteiger partial charge in [-0.2, -0.15) is 0 Å². The molecule has 0 radical (unpaired) electrons. The van der Waals surface area contributed by atoms with Crippen molar-refractivity contribution in [3.63, 3.8) is 0 Å². The smallest absolute Gasteiger partial charge is 0.188 e. The zero-order valence-electron chi connectivity index (χ0n) is 13.6. The molecule has 24 heavy (non-hydrogen) atoms. The molecule has 2 atom stereocenters. The molecule has 126 valence electrons. The lowest BCUT2D eigenvalue weighted by Crippen LogP contribution is -2.45. The zero-order chi connectivity index (χ0) is 16.9. The molecule has 0 saturated heterocycles. The summed E-state index contributed by atoms with van der Waals surface area (Å²) in [6.07, 6.45) is 4.95. The van der Waals surface area contributed by atoms with E-state index < -0.39 is 0 Å². The molecule has 2 heterocycles. The average Bonchev–Trinajstić information content (AvgIpc) is 2.58. The van der Waals surface area contributed by atoms with Crippen molar-refractivity contribution in [2.75, 3.05) is 6.26 Å². The van der Waals surface area contributed by atoms with Gasteiger partial charge >= 0.3 is 0 Å². The lowest BCUT2D eigenvalue weighted by molar-refractivity contribution is -0.117. The third-order valence-corrected chi connectivity index (χ3v) is 6.63. The van der Waals surface area contributed by atoms with Crippen LogP contribution in [0.2, 0.25) is 5.15 Å². The maximum Gasteiger partial charge on any atom is 0.188 e. The van der Waals surface area contributed by atoms with Gasteiger partial charge in [-0.15, -0.1) is 0 Å². The molecule has 6 heteroatoms. The third-order valence-electron chi connectivity index (χ3n) is 5.28. The number of hydrogen-bond acceptors (Lipinski definition) is 4. The monoisotopic (exact) mass is 424 g/mol. The molecule has 2 aliphatic rings. The molecule has 1 spiro atoms. The fourth-order valence-corrected chi connectivity index (χ4v) is 4.92. The van der Waals surface area contributed by atoms with Gasteiger partial charge in [0.15, 0.2) is 5.16 Å². The average molecular weight is 426 g/mol. The second-order valence-electron chi connectivity index (χ2n) is 6.52. The van der Waals surface area contributed by atoms with Crippen molar-refractivity contribution < 1.29 is 4.74 Å². The van der Waals surface area contributed by atoms with Gasteiger partial charge in [0.05, 0.1) is 12.3 Å². The van der Waals surface area contributed by atoms with E-state index >= 15 is 0 Å². The van der Waals surface area contributed by atoms with Crippen LogP contribution >= 0.6 is 39.3 Å². The summed E-state index contributed by atoms with van der Waals surface area (Å²) in [7, 11) is 0. The number of ether oxygens (including phenoxy) is 1. The topological polar surface area (TPSA) is 35.0 Å². The van der Waals surface area contributed by atoms with Gasteiger partial charge in [0, 0.05) is 16.5 Å². The number of aryl methyl sites for hydroxylation is 1. The van der Waals surface area contributed by atoms with Crippen molar-refractivity contribution >= 4 is 39.3 Å². The van der Waals surface area contributed by atoms with Crippen LogP contribution in [0.15, 0.2) is 27.8 Å². The first-order chi connectivity index (χ1) is 11.5. The van der Waals surface area contributed by atoms with Crippen LogP contribution in [-0.4, -0.2) is 16.2 Å². The van der Waals surface area contributed by atoms with Gasteiger partial charge < -0.3 is 4.74 Å². The summed E-state index contributed by atoms with van der Waals surface area (Å²) in [6.45, 7) is 2.76. The van der Waals surface area contributed by atoms with Gasteiger partial charge in [0.25, 0.3) is 0 Å². The summed E-state index contributed by atoms with van der Waals surface area (Å²) in [6, 6.07) is 6.55. The second kappa shape index (κ2) is 6.27. The normalized spacial score (nSPS) is 25.4. The van der Waals surface area contributed by atoms with Gasteiger partial charge in [0.1, 0.15) is 10.8 Å². The maximum absolute atomic E-state index is 6.49. The van der Waals surface area contributed by atoms with Gasteiger partial charge in [-0.05, 0) is 48.3 Å². The first kappa shape index (κ1) is 16.8. The number of nitrogens with zero attached hydrogens (tertiary/aromatic N) is 2. The van der Waals surface area contributed by atoms with Crippen molar-refractivity contribution in [2.45, 2.75) is 43.6 Å². The van der Waals surface area contributed by atoms with E-state index in [4.69, 9.17) is 21.3 Å². The Hall–Kier alpha value is -0.620. The molecule has 2 aromatic rings. The first-order valence-electron chi connectivity index (χ1n) is 8.05. The Bertz CT molecular complexity index is 816. The highest BCUT2D eigenvalue weighted by Gasteiger charge is 2.46. The number of hydrogen-bond donors (Lipinski definition) is 0. The lowest BCUT2D eigenvalue weighted by atomic mass is 9.69. The largest absolute Gasteiger partial charge is 0.365 e.